The lowest BCUT2D eigenvalue weighted by atomic mass is 9.12. The van der Waals surface area contributed by atoms with Crippen LogP contribution >= 0.6 is 0 Å². The number of nitrogens with zero attached hydrogens (tertiary/aromatic N) is 1. The minimum atomic E-state index is -7.22. The first-order valence-corrected chi connectivity index (χ1v) is 19.1. The van der Waals surface area contributed by atoms with Crippen LogP contribution < -0.4 is 31.4 Å². The number of rotatable bonds is 6. The van der Waals surface area contributed by atoms with Crippen LogP contribution in [0.15, 0.2) is 91.1 Å². The molecule has 0 amide bonds. The van der Waals surface area contributed by atoms with Crippen LogP contribution in [0.1, 0.15) is 17.2 Å². The summed E-state index contributed by atoms with van der Waals surface area (Å²) in [5.74, 6) is -71.4. The van der Waals surface area contributed by atoms with Gasteiger partial charge in [-0.2, -0.15) is 0 Å². The van der Waals surface area contributed by atoms with Crippen LogP contribution in [0.25, 0.3) is 22.0 Å². The van der Waals surface area contributed by atoms with E-state index >= 15 is 35.1 Å². The van der Waals surface area contributed by atoms with Gasteiger partial charge in [0.2, 0.25) is 12.3 Å². The monoisotopic (exact) mass is 989 g/mol. The average Bonchev–Trinajstić information content (AvgIpc) is 3.67. The number of pyridine rings is 1. The Morgan fingerprint density at radius 1 is 0.304 bits per heavy atom. The zero-order chi connectivity index (χ0) is 50.3. The number of hydrogen-bond donors (Lipinski definition) is 0. The number of para-hydroxylation sites is 1. The summed E-state index contributed by atoms with van der Waals surface area (Å²) in [6, 6.07) is 29.4. The molecule has 0 atom stereocenters. The second-order valence-corrected chi connectivity index (χ2v) is 14.9. The van der Waals surface area contributed by atoms with Gasteiger partial charge in [-0.1, -0.05) is 60.7 Å². The maximum absolute atomic E-state index is 15.4. The SMILES string of the molecule is Fc1c(F)c(F)c([B-](c2c(F)c(F)c(F)c(F)c2F)(c2c(F)c(F)c(F)c(F)c2F)c2c(F)c(F)c(F)c(F)c2F)c(F)c1F.c1ccc2c(c1)-c1ccccc1C2O[n+]1cccc2ccccc21. The van der Waals surface area contributed by atoms with Gasteiger partial charge < -0.3 is 0 Å². The molecule has 0 saturated heterocycles. The zero-order valence-electron chi connectivity index (χ0n) is 33.2. The fourth-order valence-corrected chi connectivity index (χ4v) is 8.44. The second kappa shape index (κ2) is 17.5. The summed E-state index contributed by atoms with van der Waals surface area (Å²) in [4.78, 5) is 6.46. The van der Waals surface area contributed by atoms with E-state index in [1.807, 2.05) is 29.1 Å². The molecule has 0 N–H and O–H groups in total. The molecule has 0 radical (unpaired) electrons. The molecule has 0 bridgehead atoms. The van der Waals surface area contributed by atoms with Gasteiger partial charge in [-0.25, -0.2) is 87.8 Å². The predicted octanol–water partition coefficient (Wildman–Crippen LogP) is 10.2. The van der Waals surface area contributed by atoms with Crippen LogP contribution in [-0.2, 0) is 0 Å². The Balaban J connectivity index is 0.000000221. The van der Waals surface area contributed by atoms with Gasteiger partial charge in [0.15, 0.2) is 69.8 Å². The molecular weight excluding hydrogens is 973 g/mol. The molecule has 9 rings (SSSR count). The molecule has 69 heavy (non-hydrogen) atoms. The van der Waals surface area contributed by atoms with Gasteiger partial charge in [-0.3, -0.25) is 4.84 Å². The topological polar surface area (TPSA) is 13.1 Å². The predicted molar refractivity (Wildman–Crippen MR) is 204 cm³/mol. The third-order valence-electron chi connectivity index (χ3n) is 11.4. The lowest BCUT2D eigenvalue weighted by molar-refractivity contribution is -0.879. The third kappa shape index (κ3) is 7.02. The van der Waals surface area contributed by atoms with E-state index in [0.29, 0.717) is 0 Å². The van der Waals surface area contributed by atoms with E-state index in [2.05, 4.69) is 66.7 Å². The Bertz CT molecular complexity index is 3030. The highest BCUT2D eigenvalue weighted by Crippen LogP contribution is 2.43. The molecular formula is C46H16BF20NO. The van der Waals surface area contributed by atoms with Gasteiger partial charge in [0, 0.05) is 28.0 Å². The fraction of sp³-hybridized carbons (Fsp3) is 0.0217. The second-order valence-electron chi connectivity index (χ2n) is 14.9. The molecule has 7 aromatic carbocycles. The first-order chi connectivity index (χ1) is 32.6. The molecule has 1 heterocycles. The van der Waals surface area contributed by atoms with Gasteiger partial charge in [0.1, 0.15) is 52.7 Å². The minimum Gasteiger partial charge on any atom is -0.258 e. The molecule has 354 valence electrons. The lowest BCUT2D eigenvalue weighted by Crippen LogP contribution is -2.81. The zero-order valence-corrected chi connectivity index (χ0v) is 33.2. The van der Waals surface area contributed by atoms with Crippen LogP contribution in [0.5, 0.6) is 0 Å². The number of aromatic nitrogens is 1. The highest BCUT2D eigenvalue weighted by Gasteiger charge is 2.52. The van der Waals surface area contributed by atoms with Crippen molar-refractivity contribution in [3.8, 4) is 11.1 Å². The standard InChI is InChI=1S/C24BF20.C22H16NO/c26-5-1(6(27)14(35)21(42)13(5)34)25(2-7(28)15(36)22(43)16(37)8(2)29,3-9(30)17(38)23(44)18(39)10(3)31)4-11(32)19(40)24(45)20(41)12(4)33;1-6-14-21-16(8-1)9-7-15-23(21)24-22-19-12-4-2-10-17(19)18-11-3-5-13-20(18)22/h;1-15,22H/q-1;+1. The molecule has 0 unspecified atom stereocenters. The Morgan fingerprint density at radius 2 is 0.565 bits per heavy atom. The molecule has 1 aromatic heterocycles. The molecule has 0 fully saturated rings. The van der Waals surface area contributed by atoms with Crippen molar-refractivity contribution >= 4 is 38.9 Å². The van der Waals surface area contributed by atoms with Crippen molar-refractivity contribution in [3.63, 3.8) is 0 Å². The van der Waals surface area contributed by atoms with Crippen LogP contribution in [0.3, 0.4) is 0 Å². The molecule has 1 aliphatic rings. The Kier molecular flexibility index (Phi) is 12.1. The van der Waals surface area contributed by atoms with Crippen LogP contribution in [0, 0.1) is 116 Å². The van der Waals surface area contributed by atoms with E-state index in [0.717, 1.165) is 5.52 Å². The maximum atomic E-state index is 15.4. The van der Waals surface area contributed by atoms with E-state index in [1.54, 1.807) is 0 Å². The normalized spacial score (nSPS) is 12.3. The van der Waals surface area contributed by atoms with Crippen molar-refractivity contribution in [2.75, 3.05) is 0 Å². The molecule has 0 saturated carbocycles. The van der Waals surface area contributed by atoms with E-state index in [-0.39, 0.29) is 6.10 Å². The molecule has 8 aromatic rings. The first kappa shape index (κ1) is 47.9. The van der Waals surface area contributed by atoms with Crippen molar-refractivity contribution in [2.24, 2.45) is 0 Å². The first-order valence-electron chi connectivity index (χ1n) is 19.1. The molecule has 23 heteroatoms. The lowest BCUT2D eigenvalue weighted by Gasteiger charge is -2.44. The van der Waals surface area contributed by atoms with E-state index in [9.17, 15) is 52.7 Å². The summed E-state index contributed by atoms with van der Waals surface area (Å²) >= 11 is 0. The average molecular weight is 989 g/mol. The highest BCUT2D eigenvalue weighted by molar-refractivity contribution is 7.20. The van der Waals surface area contributed by atoms with Crippen molar-refractivity contribution in [3.05, 3.63) is 219 Å². The molecule has 2 nitrogen and oxygen atoms in total. The minimum absolute atomic E-state index is 0.0896. The molecule has 0 aliphatic heterocycles. The molecule has 0 spiro atoms. The van der Waals surface area contributed by atoms with E-state index in [4.69, 9.17) is 4.84 Å². The van der Waals surface area contributed by atoms with Crippen molar-refractivity contribution < 1.29 is 97.4 Å². The maximum Gasteiger partial charge on any atom is 0.264 e. The Hall–Kier alpha value is -7.59. The van der Waals surface area contributed by atoms with Gasteiger partial charge in [0.25, 0.3) is 5.52 Å². The number of fused-ring (bicyclic) bond motifs is 4. The van der Waals surface area contributed by atoms with Gasteiger partial charge in [0.05, 0.1) is 5.39 Å². The van der Waals surface area contributed by atoms with Gasteiger partial charge in [-0.15, -0.1) is 21.9 Å². The Morgan fingerprint density at radius 3 is 0.899 bits per heavy atom. The number of benzene rings is 7. The molecule has 1 aliphatic carbocycles. The van der Waals surface area contributed by atoms with Crippen molar-refractivity contribution in [1.82, 2.24) is 0 Å². The van der Waals surface area contributed by atoms with Gasteiger partial charge >= 0.3 is 0 Å². The number of hydrogen-bond acceptors (Lipinski definition) is 1. The smallest absolute Gasteiger partial charge is 0.258 e. The van der Waals surface area contributed by atoms with Crippen LogP contribution in [-0.4, -0.2) is 6.15 Å². The van der Waals surface area contributed by atoms with Crippen LogP contribution in [0.2, 0.25) is 0 Å². The highest BCUT2D eigenvalue weighted by atomic mass is 19.2. The summed E-state index contributed by atoms with van der Waals surface area (Å²) in [5, 5.41) is 1.17. The summed E-state index contributed by atoms with van der Waals surface area (Å²) in [6.45, 7) is 0. The Labute approximate surface area is 371 Å². The fourth-order valence-electron chi connectivity index (χ4n) is 8.44. The van der Waals surface area contributed by atoms with Crippen LogP contribution in [0.4, 0.5) is 87.8 Å². The summed E-state index contributed by atoms with van der Waals surface area (Å²) in [7, 11) is 0. The third-order valence-corrected chi connectivity index (χ3v) is 11.4. The quantitative estimate of drug-likeness (QED) is 0.0532. The van der Waals surface area contributed by atoms with E-state index < -0.39 is 144 Å². The summed E-state index contributed by atoms with van der Waals surface area (Å²) in [6.07, 6.45) is -5.33. The summed E-state index contributed by atoms with van der Waals surface area (Å²) < 4.78 is 296. The van der Waals surface area contributed by atoms with Crippen molar-refractivity contribution in [1.29, 1.82) is 0 Å². The van der Waals surface area contributed by atoms with Gasteiger partial charge in [-0.05, 0) is 23.3 Å². The largest absolute Gasteiger partial charge is 0.264 e. The number of halogens is 20. The van der Waals surface area contributed by atoms with Crippen molar-refractivity contribution in [2.45, 2.75) is 6.10 Å². The summed E-state index contributed by atoms with van der Waals surface area (Å²) in [5.41, 5.74) is -8.29. The van der Waals surface area contributed by atoms with E-state index in [1.165, 1.54) is 27.6 Å².